The number of phenolic OH excluding ortho intramolecular Hbond substituents is 1. The Balaban J connectivity index is 3.40. The summed E-state index contributed by atoms with van der Waals surface area (Å²) < 4.78 is 5.20. The van der Waals surface area contributed by atoms with Crippen LogP contribution in [-0.2, 0) is 14.3 Å². The molecule has 0 saturated heterocycles. The molecule has 8 nitrogen and oxygen atoms in total. The van der Waals surface area contributed by atoms with E-state index in [1.54, 1.807) is 60.6 Å². The lowest BCUT2D eigenvalue weighted by atomic mass is 9.98. The van der Waals surface area contributed by atoms with Gasteiger partial charge >= 0.3 is 6.09 Å². The van der Waals surface area contributed by atoms with Crippen LogP contribution in [0.2, 0.25) is 0 Å². The van der Waals surface area contributed by atoms with E-state index in [0.29, 0.717) is 5.56 Å². The first-order chi connectivity index (χ1) is 14.6. The van der Waals surface area contributed by atoms with Crippen molar-refractivity contribution in [3.05, 3.63) is 29.3 Å². The van der Waals surface area contributed by atoms with Crippen LogP contribution in [0.1, 0.15) is 58.7 Å². The third-order valence-electron chi connectivity index (χ3n) is 4.12. The fourth-order valence-electron chi connectivity index (χ4n) is 2.81. The van der Waals surface area contributed by atoms with Gasteiger partial charge in [0.1, 0.15) is 17.4 Å². The van der Waals surface area contributed by atoms with Gasteiger partial charge in [0, 0.05) is 22.9 Å². The lowest BCUT2D eigenvalue weighted by Gasteiger charge is -2.32. The highest BCUT2D eigenvalue weighted by Gasteiger charge is 2.38. The zero-order chi connectivity index (χ0) is 24.9. The summed E-state index contributed by atoms with van der Waals surface area (Å²) in [5.74, 6) is -1.58. The van der Waals surface area contributed by atoms with Gasteiger partial charge in [-0.3, -0.25) is 14.5 Å². The van der Waals surface area contributed by atoms with E-state index >= 15 is 0 Å². The maximum Gasteiger partial charge on any atom is 0.408 e. The fraction of sp³-hybridized carbons (Fsp3) is 0.522. The van der Waals surface area contributed by atoms with Crippen LogP contribution in [0.4, 0.5) is 4.79 Å². The quantitative estimate of drug-likeness (QED) is 0.295. The Morgan fingerprint density at radius 1 is 1.22 bits per heavy atom. The number of alkyl carbamates (subject to hydrolysis) is 1. The molecule has 9 heteroatoms. The van der Waals surface area contributed by atoms with Gasteiger partial charge < -0.3 is 20.5 Å². The molecule has 0 fully saturated rings. The van der Waals surface area contributed by atoms with Crippen molar-refractivity contribution in [3.63, 3.8) is 0 Å². The zero-order valence-electron chi connectivity index (χ0n) is 19.6. The van der Waals surface area contributed by atoms with E-state index in [-0.39, 0.29) is 17.1 Å². The predicted molar refractivity (Wildman–Crippen MR) is 126 cm³/mol. The largest absolute Gasteiger partial charge is 0.507 e. The molecule has 0 aromatic heterocycles. The van der Waals surface area contributed by atoms with Crippen molar-refractivity contribution in [2.24, 2.45) is 0 Å². The van der Waals surface area contributed by atoms with Crippen LogP contribution < -0.4 is 10.6 Å². The SMILES string of the molecule is C#CN(C(=O)C(CS)NC(=O)OC(C)(C)C)C(C(=O)NC(C)(C)C)c1cccc(C)c1O. The Hall–Kier alpha value is -2.86. The molecule has 0 heterocycles. The molecule has 1 aromatic carbocycles. The minimum atomic E-state index is -1.34. The number of aromatic hydroxyl groups is 1. The summed E-state index contributed by atoms with van der Waals surface area (Å²) in [5, 5.41) is 15.8. The predicted octanol–water partition coefficient (Wildman–Crippen LogP) is 2.90. The van der Waals surface area contributed by atoms with Gasteiger partial charge in [0.2, 0.25) is 5.91 Å². The van der Waals surface area contributed by atoms with Crippen LogP contribution >= 0.6 is 12.6 Å². The molecule has 2 atom stereocenters. The standard InChI is InChI=1S/C23H33N3O5S/c1-9-26(20(29)16(13-32)24-21(30)31-23(6,7)8)17(19(28)25-22(3,4)5)15-12-10-11-14(2)18(15)27/h1,10-12,16-17,27,32H,13H2,2-8H3,(H,24,30)(H,25,28). The molecular formula is C23H33N3O5S. The van der Waals surface area contributed by atoms with Crippen molar-refractivity contribution in [3.8, 4) is 18.2 Å². The Morgan fingerprint density at radius 2 is 1.81 bits per heavy atom. The number of terminal acetylenes is 1. The molecule has 2 unspecified atom stereocenters. The van der Waals surface area contributed by atoms with Gasteiger partial charge in [0.15, 0.2) is 6.04 Å². The number of aryl methyl sites for hydroxylation is 1. The third kappa shape index (κ3) is 7.68. The Morgan fingerprint density at radius 3 is 2.28 bits per heavy atom. The highest BCUT2D eigenvalue weighted by atomic mass is 32.1. The number of ether oxygens (including phenoxy) is 1. The van der Waals surface area contributed by atoms with Gasteiger partial charge in [-0.15, -0.1) is 0 Å². The van der Waals surface area contributed by atoms with Crippen molar-refractivity contribution < 1.29 is 24.2 Å². The topological polar surface area (TPSA) is 108 Å². The lowest BCUT2D eigenvalue weighted by Crippen LogP contribution is -2.53. The van der Waals surface area contributed by atoms with Crippen molar-refractivity contribution >= 4 is 30.5 Å². The van der Waals surface area contributed by atoms with E-state index in [4.69, 9.17) is 11.2 Å². The van der Waals surface area contributed by atoms with E-state index in [1.165, 1.54) is 6.07 Å². The normalized spacial score (nSPS) is 13.3. The van der Waals surface area contributed by atoms with E-state index in [2.05, 4.69) is 29.3 Å². The van der Waals surface area contributed by atoms with Crippen LogP contribution in [-0.4, -0.2) is 50.8 Å². The zero-order valence-corrected chi connectivity index (χ0v) is 20.5. The number of phenols is 1. The molecule has 0 aliphatic carbocycles. The number of hydrogen-bond acceptors (Lipinski definition) is 6. The Bertz CT molecular complexity index is 896. The van der Waals surface area contributed by atoms with Crippen LogP contribution in [0.15, 0.2) is 18.2 Å². The van der Waals surface area contributed by atoms with Gasteiger partial charge in [0.25, 0.3) is 5.91 Å². The molecule has 0 radical (unpaired) electrons. The van der Waals surface area contributed by atoms with Gasteiger partial charge in [-0.05, 0) is 54.0 Å². The summed E-state index contributed by atoms with van der Waals surface area (Å²) >= 11 is 4.15. The van der Waals surface area contributed by atoms with Gasteiger partial charge in [-0.1, -0.05) is 24.6 Å². The second-order valence-electron chi connectivity index (χ2n) is 9.37. The van der Waals surface area contributed by atoms with Crippen molar-refractivity contribution in [2.45, 2.75) is 71.7 Å². The van der Waals surface area contributed by atoms with Crippen LogP contribution in [0.3, 0.4) is 0 Å². The highest BCUT2D eigenvalue weighted by Crippen LogP contribution is 2.32. The van der Waals surface area contributed by atoms with Crippen LogP contribution in [0, 0.1) is 19.4 Å². The molecule has 3 N–H and O–H groups in total. The van der Waals surface area contributed by atoms with E-state index in [1.807, 2.05) is 0 Å². The highest BCUT2D eigenvalue weighted by molar-refractivity contribution is 7.80. The number of rotatable bonds is 6. The molecule has 1 aromatic rings. The average molecular weight is 464 g/mol. The van der Waals surface area contributed by atoms with Gasteiger partial charge in [0.05, 0.1) is 0 Å². The number of para-hydroxylation sites is 1. The first kappa shape index (κ1) is 27.2. The molecule has 176 valence electrons. The van der Waals surface area contributed by atoms with Crippen LogP contribution in [0.5, 0.6) is 5.75 Å². The van der Waals surface area contributed by atoms with Gasteiger partial charge in [-0.25, -0.2) is 4.79 Å². The van der Waals surface area contributed by atoms with Crippen LogP contribution in [0.25, 0.3) is 0 Å². The number of amides is 3. The Labute approximate surface area is 195 Å². The summed E-state index contributed by atoms with van der Waals surface area (Å²) in [6, 6.07) is 4.57. The number of thiol groups is 1. The smallest absolute Gasteiger partial charge is 0.408 e. The average Bonchev–Trinajstić information content (AvgIpc) is 2.63. The molecule has 0 spiro atoms. The molecular weight excluding hydrogens is 430 g/mol. The number of hydrogen-bond donors (Lipinski definition) is 4. The molecule has 0 aliphatic heterocycles. The van der Waals surface area contributed by atoms with Crippen molar-refractivity contribution in [1.82, 2.24) is 15.5 Å². The Kier molecular flexibility index (Phi) is 9.03. The third-order valence-corrected chi connectivity index (χ3v) is 4.48. The fourth-order valence-corrected chi connectivity index (χ4v) is 3.05. The first-order valence-corrected chi connectivity index (χ1v) is 10.7. The summed E-state index contributed by atoms with van der Waals surface area (Å²) in [6.07, 6.45) is 4.83. The monoisotopic (exact) mass is 463 g/mol. The minimum absolute atomic E-state index is 0.0936. The maximum atomic E-state index is 13.3. The molecule has 0 aliphatic rings. The second-order valence-corrected chi connectivity index (χ2v) is 9.74. The maximum absolute atomic E-state index is 13.3. The number of nitrogens with zero attached hydrogens (tertiary/aromatic N) is 1. The summed E-state index contributed by atoms with van der Waals surface area (Å²) in [5.41, 5.74) is -0.732. The number of carbonyl (C=O) groups is 3. The number of carbonyl (C=O) groups excluding carboxylic acids is 3. The first-order valence-electron chi connectivity index (χ1n) is 10.1. The second kappa shape index (κ2) is 10.6. The van der Waals surface area contributed by atoms with E-state index in [0.717, 1.165) is 4.90 Å². The summed E-state index contributed by atoms with van der Waals surface area (Å²) in [6.45, 7) is 12.1. The molecule has 1 rings (SSSR count). The number of benzene rings is 1. The number of nitrogens with one attached hydrogen (secondary N) is 2. The molecule has 0 bridgehead atoms. The van der Waals surface area contributed by atoms with Gasteiger partial charge in [-0.2, -0.15) is 12.6 Å². The minimum Gasteiger partial charge on any atom is -0.507 e. The van der Waals surface area contributed by atoms with Crippen molar-refractivity contribution in [1.29, 1.82) is 0 Å². The summed E-state index contributed by atoms with van der Waals surface area (Å²) in [7, 11) is 0. The summed E-state index contributed by atoms with van der Waals surface area (Å²) in [4.78, 5) is 39.5. The molecule has 3 amide bonds. The lowest BCUT2D eigenvalue weighted by molar-refractivity contribution is -0.138. The van der Waals surface area contributed by atoms with E-state index in [9.17, 15) is 19.5 Å². The van der Waals surface area contributed by atoms with E-state index < -0.39 is 41.1 Å². The van der Waals surface area contributed by atoms with Crippen molar-refractivity contribution in [2.75, 3.05) is 5.75 Å². The molecule has 32 heavy (non-hydrogen) atoms. The molecule has 0 saturated carbocycles.